The Morgan fingerprint density at radius 2 is 1.81 bits per heavy atom. The summed E-state index contributed by atoms with van der Waals surface area (Å²) in [5, 5.41) is 9.21. The lowest BCUT2D eigenvalue weighted by molar-refractivity contribution is -0.139. The average Bonchev–Trinajstić information content (AvgIpc) is 2.64. The molecule has 0 atom stereocenters. The van der Waals surface area contributed by atoms with Crippen LogP contribution in [0.5, 0.6) is 5.75 Å². The van der Waals surface area contributed by atoms with E-state index in [9.17, 15) is 10.1 Å². The molecule has 0 radical (unpaired) electrons. The van der Waals surface area contributed by atoms with Crippen LogP contribution in [0.3, 0.4) is 0 Å². The van der Waals surface area contributed by atoms with Crippen LogP contribution in [0.1, 0.15) is 11.1 Å². The number of hydrogen-bond donors (Lipinski definition) is 0. The zero-order valence-electron chi connectivity index (χ0n) is 15.2. The molecule has 134 valence electrons. The van der Waals surface area contributed by atoms with Crippen molar-refractivity contribution in [3.05, 3.63) is 65.2 Å². The van der Waals surface area contributed by atoms with Crippen LogP contribution in [-0.4, -0.2) is 33.3 Å². The molecule has 0 heterocycles. The van der Waals surface area contributed by atoms with Crippen molar-refractivity contribution >= 4 is 17.7 Å². The predicted octanol–water partition coefficient (Wildman–Crippen LogP) is 3.59. The Labute approximate surface area is 154 Å². The highest BCUT2D eigenvalue weighted by atomic mass is 16.6. The number of aryl methyl sites for hydroxylation is 1. The van der Waals surface area contributed by atoms with Crippen molar-refractivity contribution in [3.63, 3.8) is 0 Å². The van der Waals surface area contributed by atoms with Crippen LogP contribution >= 0.6 is 0 Å². The van der Waals surface area contributed by atoms with Gasteiger partial charge in [0.2, 0.25) is 0 Å². The molecule has 0 N–H and O–H groups in total. The SMILES string of the molecule is Cc1ccccc1OCCOC(=O)/C(C#N)=C/c1ccc(N(C)C)cc1. The summed E-state index contributed by atoms with van der Waals surface area (Å²) in [6, 6.07) is 17.0. The monoisotopic (exact) mass is 350 g/mol. The van der Waals surface area contributed by atoms with Crippen molar-refractivity contribution in [1.82, 2.24) is 0 Å². The molecule has 2 aromatic rings. The molecule has 0 spiro atoms. The highest BCUT2D eigenvalue weighted by Crippen LogP contribution is 2.16. The van der Waals surface area contributed by atoms with Gasteiger partial charge in [0.25, 0.3) is 0 Å². The summed E-state index contributed by atoms with van der Waals surface area (Å²) in [6.07, 6.45) is 1.52. The van der Waals surface area contributed by atoms with Gasteiger partial charge < -0.3 is 14.4 Å². The fraction of sp³-hybridized carbons (Fsp3) is 0.238. The number of nitrogens with zero attached hydrogens (tertiary/aromatic N) is 2. The third-order valence-electron chi connectivity index (χ3n) is 3.73. The van der Waals surface area contributed by atoms with E-state index in [0.29, 0.717) is 0 Å². The second kappa shape index (κ2) is 9.28. The molecule has 26 heavy (non-hydrogen) atoms. The second-order valence-electron chi connectivity index (χ2n) is 5.91. The van der Waals surface area contributed by atoms with E-state index in [-0.39, 0.29) is 18.8 Å². The first-order chi connectivity index (χ1) is 12.5. The first kappa shape index (κ1) is 19.1. The van der Waals surface area contributed by atoms with Crippen LogP contribution in [0.15, 0.2) is 54.1 Å². The van der Waals surface area contributed by atoms with E-state index in [2.05, 4.69) is 0 Å². The van der Waals surface area contributed by atoms with Crippen molar-refractivity contribution < 1.29 is 14.3 Å². The molecule has 0 amide bonds. The van der Waals surface area contributed by atoms with E-state index in [0.717, 1.165) is 22.6 Å². The molecule has 0 aliphatic heterocycles. The number of esters is 1. The van der Waals surface area contributed by atoms with Crippen LogP contribution < -0.4 is 9.64 Å². The molecule has 2 rings (SSSR count). The van der Waals surface area contributed by atoms with E-state index in [1.165, 1.54) is 6.08 Å². The number of carbonyl (C=O) groups is 1. The lowest BCUT2D eigenvalue weighted by Gasteiger charge is -2.12. The van der Waals surface area contributed by atoms with Crippen LogP contribution in [0.4, 0.5) is 5.69 Å². The molecule has 2 aromatic carbocycles. The van der Waals surface area contributed by atoms with Gasteiger partial charge in [0.1, 0.15) is 30.6 Å². The highest BCUT2D eigenvalue weighted by molar-refractivity contribution is 5.97. The minimum absolute atomic E-state index is 0.0431. The summed E-state index contributed by atoms with van der Waals surface area (Å²) in [5.74, 6) is 0.0955. The van der Waals surface area contributed by atoms with E-state index < -0.39 is 5.97 Å². The van der Waals surface area contributed by atoms with Crippen molar-refractivity contribution in [1.29, 1.82) is 5.26 Å². The van der Waals surface area contributed by atoms with E-state index in [4.69, 9.17) is 9.47 Å². The molecule has 0 bridgehead atoms. The Morgan fingerprint density at radius 3 is 2.42 bits per heavy atom. The third kappa shape index (κ3) is 5.38. The zero-order chi connectivity index (χ0) is 18.9. The molecule has 0 saturated heterocycles. The van der Waals surface area contributed by atoms with Gasteiger partial charge in [0.05, 0.1) is 0 Å². The summed E-state index contributed by atoms with van der Waals surface area (Å²) in [5.41, 5.74) is 2.77. The van der Waals surface area contributed by atoms with Gasteiger partial charge in [-0.3, -0.25) is 0 Å². The summed E-state index contributed by atoms with van der Waals surface area (Å²) in [7, 11) is 3.89. The lowest BCUT2D eigenvalue weighted by atomic mass is 10.1. The molecule has 0 aromatic heterocycles. The van der Waals surface area contributed by atoms with Gasteiger partial charge in [-0.05, 0) is 42.3 Å². The normalized spacial score (nSPS) is 10.8. The Kier molecular flexibility index (Phi) is 6.81. The fourth-order valence-electron chi connectivity index (χ4n) is 2.25. The number of carbonyl (C=O) groups excluding carboxylic acids is 1. The Bertz CT molecular complexity index is 818. The quantitative estimate of drug-likeness (QED) is 0.330. The topological polar surface area (TPSA) is 62.6 Å². The maximum absolute atomic E-state index is 12.1. The zero-order valence-corrected chi connectivity index (χ0v) is 15.2. The van der Waals surface area contributed by atoms with Crippen molar-refractivity contribution in [3.8, 4) is 11.8 Å². The van der Waals surface area contributed by atoms with Crippen LogP contribution in [0.25, 0.3) is 6.08 Å². The molecule has 0 aliphatic rings. The van der Waals surface area contributed by atoms with Crippen LogP contribution in [0, 0.1) is 18.3 Å². The highest BCUT2D eigenvalue weighted by Gasteiger charge is 2.11. The minimum atomic E-state index is -0.655. The molecule has 5 heteroatoms. The summed E-state index contributed by atoms with van der Waals surface area (Å²) in [6.45, 7) is 2.25. The maximum atomic E-state index is 12.1. The van der Waals surface area contributed by atoms with Gasteiger partial charge in [-0.2, -0.15) is 5.26 Å². The van der Waals surface area contributed by atoms with Crippen LogP contribution in [-0.2, 0) is 9.53 Å². The first-order valence-corrected chi connectivity index (χ1v) is 8.26. The Balaban J connectivity index is 1.90. The first-order valence-electron chi connectivity index (χ1n) is 8.26. The Hall–Kier alpha value is -3.26. The second-order valence-corrected chi connectivity index (χ2v) is 5.91. The molecular weight excluding hydrogens is 328 g/mol. The third-order valence-corrected chi connectivity index (χ3v) is 3.73. The number of anilines is 1. The predicted molar refractivity (Wildman–Crippen MR) is 102 cm³/mol. The van der Waals surface area contributed by atoms with Gasteiger partial charge in [-0.25, -0.2) is 4.79 Å². The number of para-hydroxylation sites is 1. The average molecular weight is 350 g/mol. The standard InChI is InChI=1S/C21H22N2O3/c1-16-6-4-5-7-20(16)25-12-13-26-21(24)18(15-22)14-17-8-10-19(11-9-17)23(2)3/h4-11,14H,12-13H2,1-3H3/b18-14+. The van der Waals surface area contributed by atoms with Gasteiger partial charge in [-0.1, -0.05) is 30.3 Å². The number of nitriles is 1. The van der Waals surface area contributed by atoms with E-state index >= 15 is 0 Å². The Morgan fingerprint density at radius 1 is 1.12 bits per heavy atom. The maximum Gasteiger partial charge on any atom is 0.349 e. The lowest BCUT2D eigenvalue weighted by Crippen LogP contribution is -2.13. The molecule has 5 nitrogen and oxygen atoms in total. The van der Waals surface area contributed by atoms with Gasteiger partial charge in [-0.15, -0.1) is 0 Å². The summed E-state index contributed by atoms with van der Waals surface area (Å²) >= 11 is 0. The summed E-state index contributed by atoms with van der Waals surface area (Å²) in [4.78, 5) is 14.0. The number of rotatable bonds is 7. The number of ether oxygens (including phenoxy) is 2. The van der Waals surface area contributed by atoms with Crippen LogP contribution in [0.2, 0.25) is 0 Å². The molecule has 0 fully saturated rings. The summed E-state index contributed by atoms with van der Waals surface area (Å²) < 4.78 is 10.7. The van der Waals surface area contributed by atoms with Crippen molar-refractivity contribution in [2.75, 3.05) is 32.2 Å². The minimum Gasteiger partial charge on any atom is -0.490 e. The molecule has 0 saturated carbocycles. The fourth-order valence-corrected chi connectivity index (χ4v) is 2.25. The number of hydrogen-bond acceptors (Lipinski definition) is 5. The molecule has 0 aliphatic carbocycles. The van der Waals surface area contributed by atoms with Gasteiger partial charge in [0.15, 0.2) is 0 Å². The molecule has 0 unspecified atom stereocenters. The number of benzene rings is 2. The van der Waals surface area contributed by atoms with E-state index in [1.54, 1.807) is 0 Å². The van der Waals surface area contributed by atoms with E-state index in [1.807, 2.05) is 80.5 Å². The van der Waals surface area contributed by atoms with Crippen molar-refractivity contribution in [2.45, 2.75) is 6.92 Å². The smallest absolute Gasteiger partial charge is 0.349 e. The largest absolute Gasteiger partial charge is 0.490 e. The van der Waals surface area contributed by atoms with Gasteiger partial charge >= 0.3 is 5.97 Å². The molecular formula is C21H22N2O3. The van der Waals surface area contributed by atoms with Crippen molar-refractivity contribution in [2.24, 2.45) is 0 Å². The van der Waals surface area contributed by atoms with Gasteiger partial charge in [0, 0.05) is 19.8 Å².